The Bertz CT molecular complexity index is 495. The Balaban J connectivity index is 2.27. The molecule has 0 fully saturated rings. The van der Waals surface area contributed by atoms with Crippen molar-refractivity contribution in [2.24, 2.45) is 0 Å². The van der Waals surface area contributed by atoms with Crippen LogP contribution in [-0.2, 0) is 0 Å². The second-order valence-corrected chi connectivity index (χ2v) is 3.88. The number of rotatable bonds is 5. The normalized spacial score (nSPS) is 10.9. The van der Waals surface area contributed by atoms with Crippen LogP contribution in [0.15, 0.2) is 22.6 Å². The Labute approximate surface area is 99.8 Å². The van der Waals surface area contributed by atoms with Gasteiger partial charge in [0.2, 0.25) is 0 Å². The molecular formula is C12H17N3O2. The van der Waals surface area contributed by atoms with Gasteiger partial charge in [-0.1, -0.05) is 0 Å². The highest BCUT2D eigenvalue weighted by Gasteiger charge is 2.12. The summed E-state index contributed by atoms with van der Waals surface area (Å²) in [6.07, 6.45) is 0.703. The van der Waals surface area contributed by atoms with Gasteiger partial charge in [-0.2, -0.15) is 4.98 Å². The fourth-order valence-electron chi connectivity index (χ4n) is 1.71. The maximum Gasteiger partial charge on any atom is 0.298 e. The van der Waals surface area contributed by atoms with Gasteiger partial charge in [-0.3, -0.25) is 0 Å². The van der Waals surface area contributed by atoms with Crippen molar-refractivity contribution >= 4 is 22.8 Å². The van der Waals surface area contributed by atoms with Crippen molar-refractivity contribution in [3.8, 4) is 0 Å². The van der Waals surface area contributed by atoms with Crippen molar-refractivity contribution in [1.29, 1.82) is 0 Å². The van der Waals surface area contributed by atoms with E-state index in [-0.39, 0.29) is 6.61 Å². The summed E-state index contributed by atoms with van der Waals surface area (Å²) in [6, 6.07) is 6.00. The fraction of sp³-hybridized carbons (Fsp3) is 0.417. The molecule has 0 radical (unpaired) electrons. The molecule has 1 aromatic carbocycles. The molecule has 0 amide bonds. The van der Waals surface area contributed by atoms with Crippen molar-refractivity contribution in [2.45, 2.75) is 13.3 Å². The van der Waals surface area contributed by atoms with Crippen molar-refractivity contribution in [1.82, 2.24) is 4.98 Å². The van der Waals surface area contributed by atoms with Gasteiger partial charge in [0.25, 0.3) is 6.01 Å². The number of aromatic nitrogens is 1. The zero-order valence-corrected chi connectivity index (χ0v) is 9.89. The maximum atomic E-state index is 8.84. The van der Waals surface area contributed by atoms with Gasteiger partial charge in [0, 0.05) is 31.5 Å². The first kappa shape index (κ1) is 11.7. The monoisotopic (exact) mass is 235 g/mol. The molecule has 0 aliphatic heterocycles. The van der Waals surface area contributed by atoms with Crippen LogP contribution >= 0.6 is 0 Å². The number of anilines is 2. The van der Waals surface area contributed by atoms with E-state index in [4.69, 9.17) is 15.3 Å². The fourth-order valence-corrected chi connectivity index (χ4v) is 1.71. The summed E-state index contributed by atoms with van der Waals surface area (Å²) in [4.78, 5) is 6.39. The quantitative estimate of drug-likeness (QED) is 0.770. The van der Waals surface area contributed by atoms with Gasteiger partial charge in [0.05, 0.1) is 0 Å². The van der Waals surface area contributed by atoms with E-state index in [1.54, 1.807) is 12.1 Å². The molecule has 1 heterocycles. The highest BCUT2D eigenvalue weighted by atomic mass is 16.4. The number of fused-ring (bicyclic) bond motifs is 1. The second-order valence-electron chi connectivity index (χ2n) is 3.88. The number of nitrogen functional groups attached to an aromatic ring is 1. The van der Waals surface area contributed by atoms with Crippen LogP contribution in [0.5, 0.6) is 0 Å². The Kier molecular flexibility index (Phi) is 3.49. The van der Waals surface area contributed by atoms with Gasteiger partial charge in [0.1, 0.15) is 5.52 Å². The second kappa shape index (κ2) is 5.05. The van der Waals surface area contributed by atoms with E-state index in [0.29, 0.717) is 23.7 Å². The van der Waals surface area contributed by atoms with Crippen molar-refractivity contribution < 1.29 is 9.52 Å². The van der Waals surface area contributed by atoms with Gasteiger partial charge < -0.3 is 20.2 Å². The van der Waals surface area contributed by atoms with Crippen molar-refractivity contribution in [2.75, 3.05) is 30.3 Å². The minimum atomic E-state index is 0.170. The van der Waals surface area contributed by atoms with Gasteiger partial charge in [-0.25, -0.2) is 0 Å². The Morgan fingerprint density at radius 3 is 3.00 bits per heavy atom. The third-order valence-corrected chi connectivity index (χ3v) is 2.64. The number of oxazole rings is 1. The molecule has 0 aliphatic rings. The molecule has 5 nitrogen and oxygen atoms in total. The summed E-state index contributed by atoms with van der Waals surface area (Å²) >= 11 is 0. The summed E-state index contributed by atoms with van der Waals surface area (Å²) in [5.74, 6) is 0. The van der Waals surface area contributed by atoms with Crippen molar-refractivity contribution in [3.63, 3.8) is 0 Å². The SMILES string of the molecule is CCN(CCCO)c1nc2ccc(N)cc2o1. The van der Waals surface area contributed by atoms with E-state index in [1.807, 2.05) is 17.9 Å². The standard InChI is InChI=1S/C12H17N3O2/c1-2-15(6-3-7-16)12-14-10-5-4-9(13)8-11(10)17-12/h4-5,8,16H,2-3,6-7,13H2,1H3. The average Bonchev–Trinajstić information content (AvgIpc) is 2.72. The molecule has 2 aromatic rings. The summed E-state index contributed by atoms with van der Waals surface area (Å²) in [6.45, 7) is 3.72. The average molecular weight is 235 g/mol. The van der Waals surface area contributed by atoms with E-state index in [9.17, 15) is 0 Å². The Morgan fingerprint density at radius 2 is 2.29 bits per heavy atom. The van der Waals surface area contributed by atoms with E-state index in [0.717, 1.165) is 18.6 Å². The lowest BCUT2D eigenvalue weighted by atomic mass is 10.3. The number of hydrogen-bond acceptors (Lipinski definition) is 5. The molecule has 0 saturated carbocycles. The van der Waals surface area contributed by atoms with Crippen LogP contribution in [0.1, 0.15) is 13.3 Å². The van der Waals surface area contributed by atoms with Gasteiger partial charge >= 0.3 is 0 Å². The molecule has 0 aliphatic carbocycles. The Hall–Kier alpha value is -1.75. The summed E-state index contributed by atoms with van der Waals surface area (Å²) in [7, 11) is 0. The number of hydrogen-bond donors (Lipinski definition) is 2. The van der Waals surface area contributed by atoms with Crippen LogP contribution < -0.4 is 10.6 Å². The lowest BCUT2D eigenvalue weighted by Crippen LogP contribution is -2.24. The number of aliphatic hydroxyl groups is 1. The molecular weight excluding hydrogens is 218 g/mol. The van der Waals surface area contributed by atoms with E-state index in [2.05, 4.69) is 4.98 Å². The topological polar surface area (TPSA) is 75.5 Å². The van der Waals surface area contributed by atoms with Gasteiger partial charge in [-0.15, -0.1) is 0 Å². The van der Waals surface area contributed by atoms with Crippen LogP contribution in [-0.4, -0.2) is 29.8 Å². The van der Waals surface area contributed by atoms with Crippen LogP contribution in [0.25, 0.3) is 11.1 Å². The van der Waals surface area contributed by atoms with E-state index in [1.165, 1.54) is 0 Å². The molecule has 92 valence electrons. The molecule has 5 heteroatoms. The van der Waals surface area contributed by atoms with Crippen LogP contribution in [0.3, 0.4) is 0 Å². The third kappa shape index (κ3) is 2.50. The molecule has 0 saturated heterocycles. The first-order valence-electron chi connectivity index (χ1n) is 5.76. The summed E-state index contributed by atoms with van der Waals surface area (Å²) in [5.41, 5.74) is 7.85. The number of nitrogens with zero attached hydrogens (tertiary/aromatic N) is 2. The lowest BCUT2D eigenvalue weighted by Gasteiger charge is -2.17. The minimum Gasteiger partial charge on any atom is -0.423 e. The molecule has 0 spiro atoms. The lowest BCUT2D eigenvalue weighted by molar-refractivity contribution is 0.289. The van der Waals surface area contributed by atoms with Gasteiger partial charge in [0.15, 0.2) is 5.58 Å². The number of nitrogens with two attached hydrogens (primary N) is 1. The predicted octanol–water partition coefficient (Wildman–Crippen LogP) is 1.62. The molecule has 3 N–H and O–H groups in total. The Morgan fingerprint density at radius 1 is 1.47 bits per heavy atom. The first-order valence-corrected chi connectivity index (χ1v) is 5.76. The van der Waals surface area contributed by atoms with E-state index >= 15 is 0 Å². The first-order chi connectivity index (χ1) is 8.24. The third-order valence-electron chi connectivity index (χ3n) is 2.64. The van der Waals surface area contributed by atoms with Crippen molar-refractivity contribution in [3.05, 3.63) is 18.2 Å². The molecule has 2 rings (SSSR count). The van der Waals surface area contributed by atoms with Gasteiger partial charge in [-0.05, 0) is 25.5 Å². The van der Waals surface area contributed by atoms with Crippen LogP contribution in [0.2, 0.25) is 0 Å². The summed E-state index contributed by atoms with van der Waals surface area (Å²) in [5, 5.41) is 8.84. The van der Waals surface area contributed by atoms with Crippen LogP contribution in [0, 0.1) is 0 Å². The maximum absolute atomic E-state index is 8.84. The highest BCUT2D eigenvalue weighted by molar-refractivity contribution is 5.78. The largest absolute Gasteiger partial charge is 0.423 e. The molecule has 17 heavy (non-hydrogen) atoms. The highest BCUT2D eigenvalue weighted by Crippen LogP contribution is 2.23. The molecule has 1 aromatic heterocycles. The van der Waals surface area contributed by atoms with Crippen LogP contribution in [0.4, 0.5) is 11.7 Å². The molecule has 0 atom stereocenters. The number of benzene rings is 1. The predicted molar refractivity (Wildman–Crippen MR) is 68.0 cm³/mol. The molecule has 0 bridgehead atoms. The summed E-state index contributed by atoms with van der Waals surface area (Å²) < 4.78 is 5.65. The zero-order valence-electron chi connectivity index (χ0n) is 9.89. The zero-order chi connectivity index (χ0) is 12.3. The minimum absolute atomic E-state index is 0.170. The molecule has 0 unspecified atom stereocenters. The number of aliphatic hydroxyl groups excluding tert-OH is 1. The van der Waals surface area contributed by atoms with E-state index < -0.39 is 0 Å². The smallest absolute Gasteiger partial charge is 0.298 e.